The lowest BCUT2D eigenvalue weighted by Gasteiger charge is -2.29. The van der Waals surface area contributed by atoms with Crippen LogP contribution in [-0.2, 0) is 0 Å². The van der Waals surface area contributed by atoms with Gasteiger partial charge in [0.05, 0.1) is 11.3 Å². The molecule has 1 aromatic carbocycles. The maximum atomic E-state index is 9.22. The molecule has 1 aliphatic rings. The molecule has 0 heterocycles. The summed E-state index contributed by atoms with van der Waals surface area (Å²) >= 11 is 0. The molecule has 96 valence electrons. The average Bonchev–Trinajstić information content (AvgIpc) is 2.39. The van der Waals surface area contributed by atoms with Gasteiger partial charge in [-0.25, -0.2) is 0 Å². The highest BCUT2D eigenvalue weighted by molar-refractivity contribution is 5.60. The molecule has 2 heteroatoms. The van der Waals surface area contributed by atoms with Crippen LogP contribution >= 0.6 is 0 Å². The highest BCUT2D eigenvalue weighted by Crippen LogP contribution is 2.27. The van der Waals surface area contributed by atoms with E-state index >= 15 is 0 Å². The number of aryl methyl sites for hydroxylation is 1. The van der Waals surface area contributed by atoms with Crippen LogP contribution in [0.5, 0.6) is 0 Å². The van der Waals surface area contributed by atoms with Gasteiger partial charge in [-0.05, 0) is 43.4 Å². The van der Waals surface area contributed by atoms with Crippen LogP contribution < -0.4 is 4.90 Å². The molecule has 1 saturated carbocycles. The molecule has 0 atom stereocenters. The Morgan fingerprint density at radius 3 is 2.67 bits per heavy atom. The zero-order chi connectivity index (χ0) is 13.0. The number of benzene rings is 1. The Morgan fingerprint density at radius 1 is 1.28 bits per heavy atom. The van der Waals surface area contributed by atoms with Crippen molar-refractivity contribution in [3.05, 3.63) is 29.3 Å². The minimum Gasteiger partial charge on any atom is -0.373 e. The highest BCUT2D eigenvalue weighted by Gasteiger charge is 2.17. The zero-order valence-electron chi connectivity index (χ0n) is 11.4. The van der Waals surface area contributed by atoms with Gasteiger partial charge in [0.1, 0.15) is 6.07 Å². The molecule has 0 spiro atoms. The van der Waals surface area contributed by atoms with Crippen molar-refractivity contribution in [3.63, 3.8) is 0 Å². The molecular formula is C16H22N2. The Kier molecular flexibility index (Phi) is 4.25. The second-order valence-corrected chi connectivity index (χ2v) is 5.52. The van der Waals surface area contributed by atoms with Crippen molar-refractivity contribution in [1.82, 2.24) is 0 Å². The van der Waals surface area contributed by atoms with Crippen LogP contribution in [0.1, 0.15) is 43.2 Å². The average molecular weight is 242 g/mol. The number of anilines is 1. The molecule has 0 bridgehead atoms. The monoisotopic (exact) mass is 242 g/mol. The summed E-state index contributed by atoms with van der Waals surface area (Å²) in [6.07, 6.45) is 6.83. The van der Waals surface area contributed by atoms with Crippen LogP contribution in [0, 0.1) is 24.2 Å². The SMILES string of the molecule is Cc1ccc(N(C)CC2CCCCC2)c(C#N)c1. The Hall–Kier alpha value is -1.49. The summed E-state index contributed by atoms with van der Waals surface area (Å²) in [5.41, 5.74) is 3.03. The quantitative estimate of drug-likeness (QED) is 0.804. The van der Waals surface area contributed by atoms with E-state index in [1.54, 1.807) is 0 Å². The Morgan fingerprint density at radius 2 is 2.00 bits per heavy atom. The van der Waals surface area contributed by atoms with Crippen molar-refractivity contribution in [1.29, 1.82) is 5.26 Å². The van der Waals surface area contributed by atoms with E-state index < -0.39 is 0 Å². The first-order valence-electron chi connectivity index (χ1n) is 6.92. The molecule has 0 aromatic heterocycles. The lowest BCUT2D eigenvalue weighted by Crippen LogP contribution is -2.27. The lowest BCUT2D eigenvalue weighted by atomic mass is 9.89. The van der Waals surface area contributed by atoms with Crippen LogP contribution in [0.3, 0.4) is 0 Å². The zero-order valence-corrected chi connectivity index (χ0v) is 11.4. The van der Waals surface area contributed by atoms with Crippen molar-refractivity contribution >= 4 is 5.69 Å². The molecule has 1 fully saturated rings. The van der Waals surface area contributed by atoms with Gasteiger partial charge in [-0.3, -0.25) is 0 Å². The summed E-state index contributed by atoms with van der Waals surface area (Å²) in [7, 11) is 2.11. The maximum Gasteiger partial charge on any atom is 0.101 e. The Labute approximate surface area is 110 Å². The first kappa shape index (κ1) is 13.0. The van der Waals surface area contributed by atoms with E-state index in [0.717, 1.165) is 29.3 Å². The van der Waals surface area contributed by atoms with E-state index in [4.69, 9.17) is 0 Å². The van der Waals surface area contributed by atoms with Crippen molar-refractivity contribution in [3.8, 4) is 6.07 Å². The molecule has 1 aliphatic carbocycles. The Balaban J connectivity index is 2.08. The fraction of sp³-hybridized carbons (Fsp3) is 0.562. The predicted molar refractivity (Wildman–Crippen MR) is 75.7 cm³/mol. The van der Waals surface area contributed by atoms with E-state index in [9.17, 15) is 5.26 Å². The number of rotatable bonds is 3. The number of nitrogens with zero attached hydrogens (tertiary/aromatic N) is 2. The molecule has 0 saturated heterocycles. The minimum absolute atomic E-state index is 0.799. The summed E-state index contributed by atoms with van der Waals surface area (Å²) in [6, 6.07) is 8.46. The van der Waals surface area contributed by atoms with Gasteiger partial charge >= 0.3 is 0 Å². The molecule has 2 rings (SSSR count). The van der Waals surface area contributed by atoms with Crippen LogP contribution in [0.15, 0.2) is 18.2 Å². The van der Waals surface area contributed by atoms with Crippen molar-refractivity contribution in [2.45, 2.75) is 39.0 Å². The van der Waals surface area contributed by atoms with Crippen LogP contribution in [-0.4, -0.2) is 13.6 Å². The summed E-state index contributed by atoms with van der Waals surface area (Å²) < 4.78 is 0. The number of nitriles is 1. The fourth-order valence-electron chi connectivity index (χ4n) is 2.93. The molecular weight excluding hydrogens is 220 g/mol. The standard InChI is InChI=1S/C16H22N2/c1-13-8-9-16(15(10-13)11-17)18(2)12-14-6-4-3-5-7-14/h8-10,14H,3-7,12H2,1-2H3. The molecule has 0 aliphatic heterocycles. The summed E-state index contributed by atoms with van der Waals surface area (Å²) in [5.74, 6) is 0.802. The van der Waals surface area contributed by atoms with E-state index in [-0.39, 0.29) is 0 Å². The largest absolute Gasteiger partial charge is 0.373 e. The maximum absolute atomic E-state index is 9.22. The number of hydrogen-bond acceptors (Lipinski definition) is 2. The number of hydrogen-bond donors (Lipinski definition) is 0. The predicted octanol–water partition coefficient (Wildman–Crippen LogP) is 3.88. The topological polar surface area (TPSA) is 27.0 Å². The van der Waals surface area contributed by atoms with Gasteiger partial charge in [-0.1, -0.05) is 25.3 Å². The first-order chi connectivity index (χ1) is 8.70. The van der Waals surface area contributed by atoms with Crippen LogP contribution in [0.2, 0.25) is 0 Å². The van der Waals surface area contributed by atoms with Crippen molar-refractivity contribution in [2.24, 2.45) is 5.92 Å². The smallest absolute Gasteiger partial charge is 0.101 e. The van der Waals surface area contributed by atoms with Gasteiger partial charge < -0.3 is 4.90 Å². The third-order valence-corrected chi connectivity index (χ3v) is 3.94. The molecule has 0 N–H and O–H groups in total. The third kappa shape index (κ3) is 3.04. The first-order valence-corrected chi connectivity index (χ1v) is 6.92. The molecule has 2 nitrogen and oxygen atoms in total. The molecule has 0 unspecified atom stereocenters. The van der Waals surface area contributed by atoms with Gasteiger partial charge in [0.15, 0.2) is 0 Å². The lowest BCUT2D eigenvalue weighted by molar-refractivity contribution is 0.362. The summed E-state index contributed by atoms with van der Waals surface area (Å²) in [5, 5.41) is 9.22. The molecule has 18 heavy (non-hydrogen) atoms. The minimum atomic E-state index is 0.799. The van der Waals surface area contributed by atoms with Gasteiger partial charge in [0, 0.05) is 13.6 Å². The molecule has 0 radical (unpaired) electrons. The van der Waals surface area contributed by atoms with Crippen LogP contribution in [0.4, 0.5) is 5.69 Å². The van der Waals surface area contributed by atoms with E-state index in [1.165, 1.54) is 32.1 Å². The summed E-state index contributed by atoms with van der Waals surface area (Å²) in [4.78, 5) is 2.26. The van der Waals surface area contributed by atoms with Gasteiger partial charge in [0.2, 0.25) is 0 Å². The van der Waals surface area contributed by atoms with Crippen LogP contribution in [0.25, 0.3) is 0 Å². The third-order valence-electron chi connectivity index (χ3n) is 3.94. The second kappa shape index (κ2) is 5.91. The molecule has 1 aromatic rings. The normalized spacial score (nSPS) is 16.3. The fourth-order valence-corrected chi connectivity index (χ4v) is 2.93. The van der Waals surface area contributed by atoms with Gasteiger partial charge in [0.25, 0.3) is 0 Å². The van der Waals surface area contributed by atoms with Gasteiger partial charge in [-0.15, -0.1) is 0 Å². The summed E-state index contributed by atoms with van der Waals surface area (Å²) in [6.45, 7) is 3.11. The second-order valence-electron chi connectivity index (χ2n) is 5.52. The van der Waals surface area contributed by atoms with E-state index in [1.807, 2.05) is 13.0 Å². The van der Waals surface area contributed by atoms with E-state index in [0.29, 0.717) is 0 Å². The van der Waals surface area contributed by atoms with Crippen molar-refractivity contribution in [2.75, 3.05) is 18.5 Å². The van der Waals surface area contributed by atoms with E-state index in [2.05, 4.69) is 30.1 Å². The highest BCUT2D eigenvalue weighted by atomic mass is 15.1. The Bertz CT molecular complexity index is 439. The van der Waals surface area contributed by atoms with Crippen molar-refractivity contribution < 1.29 is 0 Å². The molecule has 0 amide bonds. The van der Waals surface area contributed by atoms with Gasteiger partial charge in [-0.2, -0.15) is 5.26 Å².